The van der Waals surface area contributed by atoms with E-state index in [9.17, 15) is 0 Å². The van der Waals surface area contributed by atoms with Crippen molar-refractivity contribution in [3.8, 4) is 44.5 Å². The predicted molar refractivity (Wildman–Crippen MR) is 255 cm³/mol. The molecule has 0 aliphatic carbocycles. The van der Waals surface area contributed by atoms with E-state index in [0.717, 1.165) is 88.8 Å². The van der Waals surface area contributed by atoms with Crippen LogP contribution in [0.4, 0.5) is 17.1 Å². The van der Waals surface area contributed by atoms with Crippen LogP contribution in [0, 0.1) is 0 Å². The standard InChI is InChI=1S/C58H37NO2/c1-2-14-39(15-3-1)45-22-12-16-40-17-13-23-50(58(40)45)46-19-5-9-25-53(46)59(43-32-28-38(29-33-43)41-30-34-49-47-20-6-10-26-54(47)61-57(49)37-41)52-24-8-4-18-44(52)42-31-35-56-51(36-42)48-21-7-11-27-55(48)60-56/h1-37H. The van der Waals surface area contributed by atoms with Crippen molar-refractivity contribution in [3.05, 3.63) is 224 Å². The van der Waals surface area contributed by atoms with Crippen LogP contribution >= 0.6 is 0 Å². The lowest BCUT2D eigenvalue weighted by atomic mass is 9.90. The minimum Gasteiger partial charge on any atom is -0.456 e. The van der Waals surface area contributed by atoms with E-state index in [1.807, 2.05) is 24.3 Å². The van der Waals surface area contributed by atoms with E-state index in [-0.39, 0.29) is 0 Å². The summed E-state index contributed by atoms with van der Waals surface area (Å²) in [7, 11) is 0. The molecule has 2 heterocycles. The number of rotatable bonds is 7. The Hall–Kier alpha value is -8.14. The van der Waals surface area contributed by atoms with Gasteiger partial charge < -0.3 is 13.7 Å². The maximum Gasteiger partial charge on any atom is 0.136 e. The number of nitrogens with zero attached hydrogens (tertiary/aromatic N) is 1. The first kappa shape index (κ1) is 34.9. The Balaban J connectivity index is 1.06. The molecule has 0 fully saturated rings. The summed E-state index contributed by atoms with van der Waals surface area (Å²) in [6.07, 6.45) is 0. The highest BCUT2D eigenvalue weighted by Gasteiger charge is 2.23. The number of anilines is 3. The number of hydrogen-bond acceptors (Lipinski definition) is 3. The zero-order valence-electron chi connectivity index (χ0n) is 33.1. The third-order valence-electron chi connectivity index (χ3n) is 12.1. The molecule has 10 aromatic carbocycles. The molecule has 0 spiro atoms. The Morgan fingerprint density at radius 1 is 0.279 bits per heavy atom. The Labute approximate surface area is 353 Å². The average Bonchev–Trinajstić information content (AvgIpc) is 3.90. The molecule has 0 unspecified atom stereocenters. The second-order valence-corrected chi connectivity index (χ2v) is 15.6. The van der Waals surface area contributed by atoms with Crippen LogP contribution in [0.5, 0.6) is 0 Å². The molecule has 286 valence electrons. The minimum atomic E-state index is 0.881. The number of para-hydroxylation sites is 4. The zero-order valence-corrected chi connectivity index (χ0v) is 33.1. The quantitative estimate of drug-likeness (QED) is 0.161. The summed E-state index contributed by atoms with van der Waals surface area (Å²) in [5, 5.41) is 6.90. The van der Waals surface area contributed by atoms with Crippen molar-refractivity contribution in [3.63, 3.8) is 0 Å². The first-order chi connectivity index (χ1) is 30.2. The third kappa shape index (κ3) is 5.90. The number of fused-ring (bicyclic) bond motifs is 7. The highest BCUT2D eigenvalue weighted by Crippen LogP contribution is 2.48. The van der Waals surface area contributed by atoms with Crippen LogP contribution in [0.25, 0.3) is 99.2 Å². The van der Waals surface area contributed by atoms with E-state index < -0.39 is 0 Å². The summed E-state index contributed by atoms with van der Waals surface area (Å²) in [4.78, 5) is 2.43. The van der Waals surface area contributed by atoms with Gasteiger partial charge in [0.2, 0.25) is 0 Å². The summed E-state index contributed by atoms with van der Waals surface area (Å²) in [5.41, 5.74) is 15.9. The first-order valence-corrected chi connectivity index (χ1v) is 20.7. The van der Waals surface area contributed by atoms with Gasteiger partial charge in [-0.15, -0.1) is 0 Å². The van der Waals surface area contributed by atoms with Gasteiger partial charge in [0.25, 0.3) is 0 Å². The van der Waals surface area contributed by atoms with E-state index in [0.29, 0.717) is 0 Å². The predicted octanol–water partition coefficient (Wildman–Crippen LogP) is 16.8. The van der Waals surface area contributed by atoms with Crippen molar-refractivity contribution < 1.29 is 8.83 Å². The lowest BCUT2D eigenvalue weighted by Crippen LogP contribution is -2.12. The van der Waals surface area contributed by atoms with Gasteiger partial charge in [0, 0.05) is 38.4 Å². The van der Waals surface area contributed by atoms with Crippen molar-refractivity contribution in [2.45, 2.75) is 0 Å². The lowest BCUT2D eigenvalue weighted by Gasteiger charge is -2.30. The van der Waals surface area contributed by atoms with Gasteiger partial charge in [0.05, 0.1) is 11.4 Å². The third-order valence-corrected chi connectivity index (χ3v) is 12.1. The van der Waals surface area contributed by atoms with Crippen LogP contribution in [-0.4, -0.2) is 0 Å². The molecule has 0 saturated heterocycles. The van der Waals surface area contributed by atoms with Crippen molar-refractivity contribution >= 4 is 71.7 Å². The topological polar surface area (TPSA) is 29.5 Å². The monoisotopic (exact) mass is 779 g/mol. The van der Waals surface area contributed by atoms with Gasteiger partial charge in [-0.1, -0.05) is 164 Å². The van der Waals surface area contributed by atoms with Crippen molar-refractivity contribution in [1.82, 2.24) is 0 Å². The fourth-order valence-electron chi connectivity index (χ4n) is 9.24. The summed E-state index contributed by atoms with van der Waals surface area (Å²) < 4.78 is 12.6. The largest absolute Gasteiger partial charge is 0.456 e. The molecule has 0 bridgehead atoms. The van der Waals surface area contributed by atoms with E-state index in [1.165, 1.54) is 27.5 Å². The van der Waals surface area contributed by atoms with Gasteiger partial charge >= 0.3 is 0 Å². The summed E-state index contributed by atoms with van der Waals surface area (Å²) in [5.74, 6) is 0. The van der Waals surface area contributed by atoms with Crippen LogP contribution in [0.3, 0.4) is 0 Å². The summed E-state index contributed by atoms with van der Waals surface area (Å²) in [6.45, 7) is 0. The molecular formula is C58H37NO2. The molecule has 3 heteroatoms. The molecular weight excluding hydrogens is 743 g/mol. The molecule has 0 aliphatic heterocycles. The molecule has 3 nitrogen and oxygen atoms in total. The van der Waals surface area contributed by atoms with Crippen molar-refractivity contribution in [2.75, 3.05) is 4.90 Å². The van der Waals surface area contributed by atoms with Gasteiger partial charge in [-0.25, -0.2) is 0 Å². The van der Waals surface area contributed by atoms with Crippen LogP contribution in [0.1, 0.15) is 0 Å². The molecule has 0 radical (unpaired) electrons. The summed E-state index contributed by atoms with van der Waals surface area (Å²) in [6, 6.07) is 80.2. The second kappa shape index (κ2) is 14.3. The average molecular weight is 780 g/mol. The maximum atomic E-state index is 6.30. The molecule has 0 atom stereocenters. The van der Waals surface area contributed by atoms with E-state index >= 15 is 0 Å². The van der Waals surface area contributed by atoms with Crippen molar-refractivity contribution in [1.29, 1.82) is 0 Å². The van der Waals surface area contributed by atoms with Gasteiger partial charge in [-0.2, -0.15) is 0 Å². The molecule has 0 N–H and O–H groups in total. The molecule has 61 heavy (non-hydrogen) atoms. The zero-order chi connectivity index (χ0) is 40.3. The molecule has 0 aliphatic rings. The molecule has 12 rings (SSSR count). The first-order valence-electron chi connectivity index (χ1n) is 20.7. The van der Waals surface area contributed by atoms with Crippen LogP contribution < -0.4 is 4.90 Å². The summed E-state index contributed by atoms with van der Waals surface area (Å²) >= 11 is 0. The van der Waals surface area contributed by atoms with Crippen LogP contribution in [-0.2, 0) is 0 Å². The molecule has 12 aromatic rings. The smallest absolute Gasteiger partial charge is 0.136 e. The highest BCUT2D eigenvalue weighted by molar-refractivity contribution is 6.10. The normalized spacial score (nSPS) is 11.6. The fraction of sp³-hybridized carbons (Fsp3) is 0. The number of benzene rings is 10. The van der Waals surface area contributed by atoms with Crippen LogP contribution in [0.2, 0.25) is 0 Å². The van der Waals surface area contributed by atoms with E-state index in [2.05, 4.69) is 205 Å². The van der Waals surface area contributed by atoms with Crippen molar-refractivity contribution in [2.24, 2.45) is 0 Å². The number of furan rings is 2. The Bertz CT molecular complexity index is 3590. The minimum absolute atomic E-state index is 0.881. The Kier molecular flexibility index (Phi) is 8.17. The van der Waals surface area contributed by atoms with E-state index in [1.54, 1.807) is 0 Å². The molecule has 0 amide bonds. The maximum absolute atomic E-state index is 6.30. The molecule has 0 saturated carbocycles. The lowest BCUT2D eigenvalue weighted by molar-refractivity contribution is 0.668. The van der Waals surface area contributed by atoms with E-state index in [4.69, 9.17) is 8.83 Å². The van der Waals surface area contributed by atoms with Gasteiger partial charge in [-0.05, 0) is 105 Å². The number of hydrogen-bond donors (Lipinski definition) is 0. The van der Waals surface area contributed by atoms with Gasteiger partial charge in [0.1, 0.15) is 22.3 Å². The second-order valence-electron chi connectivity index (χ2n) is 15.6. The van der Waals surface area contributed by atoms with Crippen LogP contribution in [0.15, 0.2) is 233 Å². The Morgan fingerprint density at radius 2 is 0.820 bits per heavy atom. The van der Waals surface area contributed by atoms with Gasteiger partial charge in [-0.3, -0.25) is 0 Å². The SMILES string of the molecule is c1ccc(-c2cccc3cccc(-c4ccccc4N(c4ccc(-c5ccc6c(c5)oc5ccccc56)cc4)c4ccccc4-c4ccc5oc6ccccc6c5c4)c23)cc1. The Morgan fingerprint density at radius 3 is 1.59 bits per heavy atom. The van der Waals surface area contributed by atoms with Gasteiger partial charge in [0.15, 0.2) is 0 Å². The fourth-order valence-corrected chi connectivity index (χ4v) is 9.24. The highest BCUT2D eigenvalue weighted by atomic mass is 16.3. The molecule has 2 aromatic heterocycles.